The number of likely N-dealkylation sites (tertiary alicyclic amines) is 1. The van der Waals surface area contributed by atoms with Crippen LogP contribution < -0.4 is 5.32 Å². The first-order chi connectivity index (χ1) is 9.76. The van der Waals surface area contributed by atoms with Gasteiger partial charge in [-0.05, 0) is 44.9 Å². The van der Waals surface area contributed by atoms with E-state index in [2.05, 4.69) is 10.2 Å². The number of nitrogens with zero attached hydrogens (tertiary/aromatic N) is 1. The molecule has 3 atom stereocenters. The first kappa shape index (κ1) is 14.1. The van der Waals surface area contributed by atoms with Crippen molar-refractivity contribution < 1.29 is 9.53 Å². The van der Waals surface area contributed by atoms with Gasteiger partial charge in [-0.2, -0.15) is 0 Å². The van der Waals surface area contributed by atoms with Gasteiger partial charge in [0.15, 0.2) is 0 Å². The largest absolute Gasteiger partial charge is 0.380 e. The van der Waals surface area contributed by atoms with Gasteiger partial charge < -0.3 is 10.1 Å². The Morgan fingerprint density at radius 1 is 1.30 bits per heavy atom. The second-order valence-electron chi connectivity index (χ2n) is 6.41. The number of allylic oxidation sites excluding steroid dienone is 1. The molecule has 3 aliphatic rings. The van der Waals surface area contributed by atoms with Crippen molar-refractivity contribution in [1.82, 2.24) is 10.2 Å². The zero-order chi connectivity index (χ0) is 13.9. The Balaban J connectivity index is 1.54. The van der Waals surface area contributed by atoms with Gasteiger partial charge in [0, 0.05) is 38.4 Å². The Hall–Kier alpha value is -0.870. The molecule has 0 aromatic carbocycles. The Morgan fingerprint density at radius 2 is 2.15 bits per heavy atom. The molecule has 1 N–H and O–H groups in total. The Labute approximate surface area is 121 Å². The zero-order valence-electron chi connectivity index (χ0n) is 12.4. The second-order valence-corrected chi connectivity index (χ2v) is 6.41. The van der Waals surface area contributed by atoms with E-state index in [0.717, 1.165) is 38.8 Å². The van der Waals surface area contributed by atoms with E-state index in [1.165, 1.54) is 24.8 Å². The van der Waals surface area contributed by atoms with Crippen molar-refractivity contribution in [3.8, 4) is 0 Å². The number of hydrogen-bond donors (Lipinski definition) is 1. The molecule has 4 nitrogen and oxygen atoms in total. The molecule has 3 rings (SSSR count). The van der Waals surface area contributed by atoms with Gasteiger partial charge in [0.25, 0.3) is 0 Å². The molecule has 4 heteroatoms. The summed E-state index contributed by atoms with van der Waals surface area (Å²) in [5, 5.41) is 3.24. The highest BCUT2D eigenvalue weighted by Crippen LogP contribution is 2.28. The van der Waals surface area contributed by atoms with Crippen molar-refractivity contribution in [1.29, 1.82) is 0 Å². The van der Waals surface area contributed by atoms with Gasteiger partial charge in [0.1, 0.15) is 0 Å². The van der Waals surface area contributed by atoms with Gasteiger partial charge in [-0.25, -0.2) is 0 Å². The fraction of sp³-hybridized carbons (Fsp3) is 0.812. The molecule has 1 unspecified atom stereocenters. The zero-order valence-corrected chi connectivity index (χ0v) is 12.4. The maximum atomic E-state index is 12.1. The number of carbonyl (C=O) groups is 1. The topological polar surface area (TPSA) is 41.6 Å². The van der Waals surface area contributed by atoms with Crippen LogP contribution in [0.4, 0.5) is 0 Å². The van der Waals surface area contributed by atoms with Crippen molar-refractivity contribution in [2.24, 2.45) is 0 Å². The summed E-state index contributed by atoms with van der Waals surface area (Å²) in [6, 6.07) is 0.842. The molecule has 0 spiro atoms. The van der Waals surface area contributed by atoms with Gasteiger partial charge in [0.2, 0.25) is 5.91 Å². The molecule has 1 heterocycles. The molecule has 20 heavy (non-hydrogen) atoms. The number of nitrogens with one attached hydrogen (secondary N) is 1. The summed E-state index contributed by atoms with van der Waals surface area (Å²) in [7, 11) is 1.80. The molecule has 1 saturated heterocycles. The van der Waals surface area contributed by atoms with Crippen molar-refractivity contribution in [2.75, 3.05) is 20.2 Å². The molecule has 0 aromatic rings. The molecule has 3 fully saturated rings. The van der Waals surface area contributed by atoms with E-state index >= 15 is 0 Å². The van der Waals surface area contributed by atoms with Crippen LogP contribution in [0.25, 0.3) is 0 Å². The van der Waals surface area contributed by atoms with Crippen LogP contribution in [0.2, 0.25) is 0 Å². The van der Waals surface area contributed by atoms with Crippen LogP contribution in [0.3, 0.4) is 0 Å². The first-order valence-electron chi connectivity index (χ1n) is 8.03. The summed E-state index contributed by atoms with van der Waals surface area (Å²) in [5.74, 6) is 0.124. The summed E-state index contributed by atoms with van der Waals surface area (Å²) < 4.78 is 5.45. The highest BCUT2D eigenvalue weighted by atomic mass is 16.5. The normalized spacial score (nSPS) is 34.0. The number of rotatable bonds is 4. The van der Waals surface area contributed by atoms with Crippen molar-refractivity contribution in [3.05, 3.63) is 11.6 Å². The lowest BCUT2D eigenvalue weighted by Crippen LogP contribution is -2.48. The third-order valence-corrected chi connectivity index (χ3v) is 5.12. The third-order valence-electron chi connectivity index (χ3n) is 5.12. The third kappa shape index (κ3) is 3.07. The maximum Gasteiger partial charge on any atom is 0.244 e. The van der Waals surface area contributed by atoms with E-state index in [9.17, 15) is 4.79 Å². The van der Waals surface area contributed by atoms with E-state index in [-0.39, 0.29) is 5.91 Å². The fourth-order valence-corrected chi connectivity index (χ4v) is 3.73. The van der Waals surface area contributed by atoms with Gasteiger partial charge in [-0.3, -0.25) is 9.69 Å². The summed E-state index contributed by atoms with van der Waals surface area (Å²) in [6.45, 7) is 2.13. The molecule has 112 valence electrons. The number of ether oxygens (including phenoxy) is 1. The average Bonchev–Trinajstić information content (AvgIpc) is 3.01. The van der Waals surface area contributed by atoms with Crippen LogP contribution in [-0.4, -0.2) is 49.2 Å². The van der Waals surface area contributed by atoms with E-state index in [4.69, 9.17) is 4.74 Å². The minimum absolute atomic E-state index is 0.124. The first-order valence-corrected chi connectivity index (χ1v) is 8.03. The van der Waals surface area contributed by atoms with Gasteiger partial charge >= 0.3 is 0 Å². The van der Waals surface area contributed by atoms with Crippen LogP contribution in [0.5, 0.6) is 0 Å². The predicted molar refractivity (Wildman–Crippen MR) is 78.5 cm³/mol. The molecule has 2 saturated carbocycles. The highest BCUT2D eigenvalue weighted by Gasteiger charge is 2.36. The van der Waals surface area contributed by atoms with E-state index < -0.39 is 0 Å². The second kappa shape index (κ2) is 6.27. The lowest BCUT2D eigenvalue weighted by atomic mass is 9.92. The van der Waals surface area contributed by atoms with Crippen molar-refractivity contribution in [2.45, 2.75) is 63.1 Å². The molecule has 0 radical (unpaired) electrons. The Morgan fingerprint density at radius 3 is 2.80 bits per heavy atom. The molecule has 0 aromatic heterocycles. The van der Waals surface area contributed by atoms with Crippen molar-refractivity contribution >= 4 is 5.91 Å². The lowest BCUT2D eigenvalue weighted by molar-refractivity contribution is -0.117. The summed E-state index contributed by atoms with van der Waals surface area (Å²) in [5.41, 5.74) is 1.32. The highest BCUT2D eigenvalue weighted by molar-refractivity contribution is 5.88. The minimum Gasteiger partial charge on any atom is -0.380 e. The number of carbonyl (C=O) groups excluding carboxylic acids is 1. The summed E-state index contributed by atoms with van der Waals surface area (Å²) in [6.07, 6.45) is 10.4. The number of amides is 1. The van der Waals surface area contributed by atoms with E-state index in [1.54, 1.807) is 7.11 Å². The Kier molecular flexibility index (Phi) is 4.41. The fourth-order valence-electron chi connectivity index (χ4n) is 3.73. The number of methoxy groups -OCH3 is 1. The molecule has 0 bridgehead atoms. The molecule has 1 aliphatic heterocycles. The lowest BCUT2D eigenvalue weighted by Gasteiger charge is -2.30. The SMILES string of the molecule is COC1CCN([C@H]2CCC[C@H]2NC(=O)C=C2CCC2)C1. The maximum absolute atomic E-state index is 12.1. The van der Waals surface area contributed by atoms with E-state index in [0.29, 0.717) is 18.2 Å². The minimum atomic E-state index is 0.124. The van der Waals surface area contributed by atoms with Gasteiger partial charge in [0.05, 0.1) is 6.10 Å². The van der Waals surface area contributed by atoms with E-state index in [1.807, 2.05) is 6.08 Å². The predicted octanol–water partition coefficient (Wildman–Crippen LogP) is 1.85. The number of hydrogen-bond acceptors (Lipinski definition) is 3. The van der Waals surface area contributed by atoms with Crippen molar-refractivity contribution in [3.63, 3.8) is 0 Å². The smallest absolute Gasteiger partial charge is 0.244 e. The van der Waals surface area contributed by atoms with Gasteiger partial charge in [-0.1, -0.05) is 5.57 Å². The van der Waals surface area contributed by atoms with Crippen LogP contribution in [0.1, 0.15) is 44.9 Å². The standard InChI is InChI=1S/C16H26N2O2/c1-20-13-8-9-18(11-13)15-7-3-6-14(15)17-16(19)10-12-4-2-5-12/h10,13-15H,2-9,11H2,1H3,(H,17,19)/t13?,14-,15+/m1/s1. The van der Waals surface area contributed by atoms with Crippen LogP contribution in [0, 0.1) is 0 Å². The quantitative estimate of drug-likeness (QED) is 0.798. The monoisotopic (exact) mass is 278 g/mol. The van der Waals surface area contributed by atoms with Crippen LogP contribution >= 0.6 is 0 Å². The molecular weight excluding hydrogens is 252 g/mol. The van der Waals surface area contributed by atoms with Crippen LogP contribution in [-0.2, 0) is 9.53 Å². The Bertz CT molecular complexity index is 388. The summed E-state index contributed by atoms with van der Waals surface area (Å²) >= 11 is 0. The average molecular weight is 278 g/mol. The van der Waals surface area contributed by atoms with Crippen LogP contribution in [0.15, 0.2) is 11.6 Å². The molecule has 2 aliphatic carbocycles. The molecular formula is C16H26N2O2. The summed E-state index contributed by atoms with van der Waals surface area (Å²) in [4.78, 5) is 14.6. The van der Waals surface area contributed by atoms with Gasteiger partial charge in [-0.15, -0.1) is 0 Å². The molecule has 1 amide bonds.